The SMILES string of the molecule is C/C=C/Cn1cc(-c2ccc(N)cc2)cn1. The molecule has 0 fully saturated rings. The van der Waals surface area contributed by atoms with Gasteiger partial charge in [-0.15, -0.1) is 0 Å². The Balaban J connectivity index is 2.21. The van der Waals surface area contributed by atoms with Crippen molar-refractivity contribution in [2.24, 2.45) is 0 Å². The minimum Gasteiger partial charge on any atom is -0.399 e. The van der Waals surface area contributed by atoms with E-state index in [1.807, 2.05) is 54.3 Å². The summed E-state index contributed by atoms with van der Waals surface area (Å²) in [7, 11) is 0. The van der Waals surface area contributed by atoms with Gasteiger partial charge in [-0.05, 0) is 24.6 Å². The van der Waals surface area contributed by atoms with E-state index in [0.29, 0.717) is 0 Å². The van der Waals surface area contributed by atoms with Crippen molar-refractivity contribution in [1.29, 1.82) is 0 Å². The molecule has 0 aliphatic carbocycles. The van der Waals surface area contributed by atoms with Crippen molar-refractivity contribution in [3.05, 3.63) is 48.8 Å². The Kier molecular flexibility index (Phi) is 3.05. The van der Waals surface area contributed by atoms with E-state index in [1.165, 1.54) is 0 Å². The first-order valence-electron chi connectivity index (χ1n) is 5.29. The second-order valence-corrected chi connectivity index (χ2v) is 3.64. The van der Waals surface area contributed by atoms with E-state index in [9.17, 15) is 0 Å². The predicted molar refractivity (Wildman–Crippen MR) is 66.9 cm³/mol. The van der Waals surface area contributed by atoms with Gasteiger partial charge in [0.15, 0.2) is 0 Å². The molecule has 3 heteroatoms. The van der Waals surface area contributed by atoms with Crippen LogP contribution in [0.25, 0.3) is 11.1 Å². The van der Waals surface area contributed by atoms with Gasteiger partial charge in [0.05, 0.1) is 12.7 Å². The molecule has 0 atom stereocenters. The standard InChI is InChI=1S/C13H15N3/c1-2-3-8-16-10-12(9-15-16)11-4-6-13(14)7-5-11/h2-7,9-10H,8,14H2,1H3/b3-2+. The fraction of sp³-hybridized carbons (Fsp3) is 0.154. The fourth-order valence-corrected chi connectivity index (χ4v) is 1.50. The molecule has 0 unspecified atom stereocenters. The molecule has 16 heavy (non-hydrogen) atoms. The summed E-state index contributed by atoms with van der Waals surface area (Å²) in [6.45, 7) is 2.82. The number of anilines is 1. The minimum absolute atomic E-state index is 0.782. The molecule has 0 radical (unpaired) electrons. The molecule has 2 aromatic rings. The summed E-state index contributed by atoms with van der Waals surface area (Å²) in [5, 5.41) is 4.29. The van der Waals surface area contributed by atoms with Gasteiger partial charge in [-0.25, -0.2) is 0 Å². The molecule has 0 aliphatic rings. The second kappa shape index (κ2) is 4.66. The van der Waals surface area contributed by atoms with Gasteiger partial charge in [0, 0.05) is 17.4 Å². The van der Waals surface area contributed by atoms with Crippen LogP contribution in [0.5, 0.6) is 0 Å². The number of nitrogens with two attached hydrogens (primary N) is 1. The summed E-state index contributed by atoms with van der Waals surface area (Å²) < 4.78 is 1.91. The van der Waals surface area contributed by atoms with Crippen LogP contribution in [0.15, 0.2) is 48.8 Å². The van der Waals surface area contributed by atoms with E-state index in [-0.39, 0.29) is 0 Å². The first-order valence-corrected chi connectivity index (χ1v) is 5.29. The zero-order valence-corrected chi connectivity index (χ0v) is 9.30. The Morgan fingerprint density at radius 1 is 1.25 bits per heavy atom. The lowest BCUT2D eigenvalue weighted by Gasteiger charge is -1.97. The van der Waals surface area contributed by atoms with Crippen molar-refractivity contribution < 1.29 is 0 Å². The van der Waals surface area contributed by atoms with Gasteiger partial charge in [-0.3, -0.25) is 4.68 Å². The average molecular weight is 213 g/mol. The van der Waals surface area contributed by atoms with Crippen LogP contribution in [0.3, 0.4) is 0 Å². The highest BCUT2D eigenvalue weighted by molar-refractivity contribution is 5.63. The molecule has 0 saturated carbocycles. The van der Waals surface area contributed by atoms with Gasteiger partial charge >= 0.3 is 0 Å². The number of allylic oxidation sites excluding steroid dienone is 2. The van der Waals surface area contributed by atoms with E-state index in [0.717, 1.165) is 23.4 Å². The summed E-state index contributed by atoms with van der Waals surface area (Å²) in [6.07, 6.45) is 7.99. The molecule has 82 valence electrons. The molecule has 1 aromatic heterocycles. The fourth-order valence-electron chi connectivity index (χ4n) is 1.50. The normalized spacial score (nSPS) is 11.1. The van der Waals surface area contributed by atoms with Crippen LogP contribution >= 0.6 is 0 Å². The number of hydrogen-bond acceptors (Lipinski definition) is 2. The number of hydrogen-bond donors (Lipinski definition) is 1. The molecule has 1 aromatic carbocycles. The maximum atomic E-state index is 5.65. The molecule has 0 spiro atoms. The first-order chi connectivity index (χ1) is 7.79. The summed E-state index contributed by atoms with van der Waals surface area (Å²) in [5.41, 5.74) is 8.68. The number of nitrogen functional groups attached to an aromatic ring is 1. The zero-order valence-electron chi connectivity index (χ0n) is 9.30. The number of aromatic nitrogens is 2. The second-order valence-electron chi connectivity index (χ2n) is 3.64. The first kappa shape index (κ1) is 10.5. The highest BCUT2D eigenvalue weighted by Gasteiger charge is 2.00. The van der Waals surface area contributed by atoms with E-state index in [4.69, 9.17) is 5.73 Å². The lowest BCUT2D eigenvalue weighted by atomic mass is 10.1. The van der Waals surface area contributed by atoms with Gasteiger partial charge in [-0.2, -0.15) is 5.10 Å². The number of nitrogens with zero attached hydrogens (tertiary/aromatic N) is 2. The van der Waals surface area contributed by atoms with Crippen molar-refractivity contribution in [3.63, 3.8) is 0 Å². The van der Waals surface area contributed by atoms with Gasteiger partial charge in [-0.1, -0.05) is 24.3 Å². The lowest BCUT2D eigenvalue weighted by Crippen LogP contribution is -1.93. The van der Waals surface area contributed by atoms with Crippen LogP contribution in [0.2, 0.25) is 0 Å². The summed E-state index contributed by atoms with van der Waals surface area (Å²) in [4.78, 5) is 0. The molecule has 0 aliphatic heterocycles. The van der Waals surface area contributed by atoms with Crippen LogP contribution in [0.4, 0.5) is 5.69 Å². The molecule has 0 amide bonds. The Morgan fingerprint density at radius 3 is 2.69 bits per heavy atom. The highest BCUT2D eigenvalue weighted by atomic mass is 15.3. The van der Waals surface area contributed by atoms with Crippen LogP contribution in [0, 0.1) is 0 Å². The molecule has 2 N–H and O–H groups in total. The Bertz CT molecular complexity index is 480. The smallest absolute Gasteiger partial charge is 0.0590 e. The van der Waals surface area contributed by atoms with Gasteiger partial charge < -0.3 is 5.73 Å². The van der Waals surface area contributed by atoms with E-state index in [1.54, 1.807) is 0 Å². The Morgan fingerprint density at radius 2 is 2.00 bits per heavy atom. The average Bonchev–Trinajstić information content (AvgIpc) is 2.76. The third-order valence-electron chi connectivity index (χ3n) is 2.41. The molecule has 0 saturated heterocycles. The Hall–Kier alpha value is -2.03. The van der Waals surface area contributed by atoms with Crippen molar-refractivity contribution in [2.45, 2.75) is 13.5 Å². The predicted octanol–water partition coefficient (Wildman–Crippen LogP) is 2.71. The van der Waals surface area contributed by atoms with Gasteiger partial charge in [0.2, 0.25) is 0 Å². The van der Waals surface area contributed by atoms with Crippen LogP contribution in [-0.2, 0) is 6.54 Å². The quantitative estimate of drug-likeness (QED) is 0.629. The third kappa shape index (κ3) is 2.31. The van der Waals surface area contributed by atoms with Crippen molar-refractivity contribution >= 4 is 5.69 Å². The van der Waals surface area contributed by atoms with Gasteiger partial charge in [0.1, 0.15) is 0 Å². The van der Waals surface area contributed by atoms with Crippen LogP contribution in [0.1, 0.15) is 6.92 Å². The van der Waals surface area contributed by atoms with Crippen LogP contribution < -0.4 is 5.73 Å². The van der Waals surface area contributed by atoms with Crippen molar-refractivity contribution in [2.75, 3.05) is 5.73 Å². The maximum Gasteiger partial charge on any atom is 0.0590 e. The third-order valence-corrected chi connectivity index (χ3v) is 2.41. The number of benzene rings is 1. The molecule has 1 heterocycles. The maximum absolute atomic E-state index is 5.65. The summed E-state index contributed by atoms with van der Waals surface area (Å²) >= 11 is 0. The van der Waals surface area contributed by atoms with E-state index in [2.05, 4.69) is 11.2 Å². The monoisotopic (exact) mass is 213 g/mol. The molecule has 0 bridgehead atoms. The van der Waals surface area contributed by atoms with Crippen LogP contribution in [-0.4, -0.2) is 9.78 Å². The zero-order chi connectivity index (χ0) is 11.4. The van der Waals surface area contributed by atoms with Gasteiger partial charge in [0.25, 0.3) is 0 Å². The molecular weight excluding hydrogens is 198 g/mol. The minimum atomic E-state index is 0.782. The largest absolute Gasteiger partial charge is 0.399 e. The topological polar surface area (TPSA) is 43.8 Å². The Labute approximate surface area is 95.2 Å². The van der Waals surface area contributed by atoms with Crippen molar-refractivity contribution in [3.8, 4) is 11.1 Å². The summed E-state index contributed by atoms with van der Waals surface area (Å²) in [5.74, 6) is 0. The summed E-state index contributed by atoms with van der Waals surface area (Å²) in [6, 6.07) is 7.82. The molecule has 2 rings (SSSR count). The number of rotatable bonds is 3. The molecule has 3 nitrogen and oxygen atoms in total. The lowest BCUT2D eigenvalue weighted by molar-refractivity contribution is 0.701. The van der Waals surface area contributed by atoms with E-state index < -0.39 is 0 Å². The van der Waals surface area contributed by atoms with E-state index >= 15 is 0 Å². The highest BCUT2D eigenvalue weighted by Crippen LogP contribution is 2.19. The molecular formula is C13H15N3. The van der Waals surface area contributed by atoms with Crippen molar-refractivity contribution in [1.82, 2.24) is 9.78 Å².